The number of halogens is 1. The van der Waals surface area contributed by atoms with E-state index >= 15 is 0 Å². The van der Waals surface area contributed by atoms with Crippen molar-refractivity contribution < 1.29 is 5.11 Å². The van der Waals surface area contributed by atoms with Gasteiger partial charge in [0.05, 0.1) is 0 Å². The second-order valence-electron chi connectivity index (χ2n) is 6.44. The first-order chi connectivity index (χ1) is 11.0. The Labute approximate surface area is 142 Å². The summed E-state index contributed by atoms with van der Waals surface area (Å²) in [5.41, 5.74) is 4.13. The third kappa shape index (κ3) is 3.92. The maximum absolute atomic E-state index is 10.8. The molecule has 0 amide bonds. The molecule has 1 saturated heterocycles. The molecule has 2 atom stereocenters. The third-order valence-corrected chi connectivity index (χ3v) is 4.79. The second-order valence-corrected chi connectivity index (χ2v) is 6.88. The molecule has 2 heterocycles. The second kappa shape index (κ2) is 7.00. The van der Waals surface area contributed by atoms with Crippen LogP contribution in [0, 0.1) is 13.8 Å². The van der Waals surface area contributed by atoms with Gasteiger partial charge >= 0.3 is 0 Å². The van der Waals surface area contributed by atoms with Gasteiger partial charge in [0.25, 0.3) is 0 Å². The van der Waals surface area contributed by atoms with Crippen LogP contribution in [0.3, 0.4) is 0 Å². The highest BCUT2D eigenvalue weighted by Crippen LogP contribution is 2.31. The summed E-state index contributed by atoms with van der Waals surface area (Å²) >= 11 is 5.98. The van der Waals surface area contributed by atoms with E-state index in [1.165, 1.54) is 5.56 Å². The van der Waals surface area contributed by atoms with Gasteiger partial charge in [-0.1, -0.05) is 23.7 Å². The number of aromatic nitrogens is 1. The van der Waals surface area contributed by atoms with Crippen molar-refractivity contribution in [1.29, 1.82) is 0 Å². The zero-order valence-corrected chi connectivity index (χ0v) is 14.4. The Morgan fingerprint density at radius 3 is 2.48 bits per heavy atom. The van der Waals surface area contributed by atoms with Gasteiger partial charge in [0.2, 0.25) is 0 Å². The van der Waals surface area contributed by atoms with Gasteiger partial charge in [-0.05, 0) is 68.0 Å². The Kier molecular flexibility index (Phi) is 5.00. The Morgan fingerprint density at radius 2 is 1.83 bits per heavy atom. The fourth-order valence-electron chi connectivity index (χ4n) is 3.46. The van der Waals surface area contributed by atoms with Gasteiger partial charge in [-0.15, -0.1) is 0 Å². The predicted molar refractivity (Wildman–Crippen MR) is 93.7 cm³/mol. The summed E-state index contributed by atoms with van der Waals surface area (Å²) in [6, 6.07) is 12.0. The van der Waals surface area contributed by atoms with Crippen molar-refractivity contribution in [2.45, 2.75) is 38.8 Å². The monoisotopic (exact) mass is 330 g/mol. The molecule has 1 fully saturated rings. The number of likely N-dealkylation sites (tertiary alicyclic amines) is 1. The molecular formula is C19H23ClN2O. The summed E-state index contributed by atoms with van der Waals surface area (Å²) in [5, 5.41) is 11.5. The van der Waals surface area contributed by atoms with Crippen LogP contribution >= 0.6 is 11.6 Å². The minimum atomic E-state index is -0.564. The highest BCUT2D eigenvalue weighted by Gasteiger charge is 2.26. The fourth-order valence-corrected chi connectivity index (χ4v) is 3.59. The van der Waals surface area contributed by atoms with Crippen molar-refractivity contribution in [1.82, 2.24) is 9.88 Å². The summed E-state index contributed by atoms with van der Waals surface area (Å²) in [5.74, 6) is 0.444. The average molecular weight is 331 g/mol. The molecule has 1 aromatic carbocycles. The lowest BCUT2D eigenvalue weighted by Crippen LogP contribution is -2.37. The summed E-state index contributed by atoms with van der Waals surface area (Å²) in [4.78, 5) is 6.55. The summed E-state index contributed by atoms with van der Waals surface area (Å²) in [6.45, 7) is 5.72. The first-order valence-corrected chi connectivity index (χ1v) is 8.53. The molecule has 0 bridgehead atoms. The minimum Gasteiger partial charge on any atom is -0.374 e. The third-order valence-electron chi connectivity index (χ3n) is 4.54. The molecule has 3 nitrogen and oxygen atoms in total. The first-order valence-electron chi connectivity index (χ1n) is 8.15. The minimum absolute atomic E-state index is 0.444. The van der Waals surface area contributed by atoms with Crippen LogP contribution < -0.4 is 0 Å². The SMILES string of the molecule is Cc1cc(C(O)N2CCCC(c3ccc(Cl)cc3)C2)cc(C)n1. The molecule has 0 spiro atoms. The van der Waals surface area contributed by atoms with Crippen molar-refractivity contribution >= 4 is 11.6 Å². The van der Waals surface area contributed by atoms with E-state index in [1.807, 2.05) is 38.1 Å². The van der Waals surface area contributed by atoms with E-state index in [2.05, 4.69) is 22.0 Å². The van der Waals surface area contributed by atoms with Crippen LogP contribution in [0.1, 0.15) is 47.5 Å². The smallest absolute Gasteiger partial charge is 0.133 e. The molecule has 2 unspecified atom stereocenters. The van der Waals surface area contributed by atoms with Gasteiger partial charge in [0, 0.05) is 29.5 Å². The van der Waals surface area contributed by atoms with Crippen molar-refractivity contribution in [2.24, 2.45) is 0 Å². The number of rotatable bonds is 3. The molecule has 0 saturated carbocycles. The van der Waals surface area contributed by atoms with Crippen LogP contribution in [0.25, 0.3) is 0 Å². The maximum Gasteiger partial charge on any atom is 0.133 e. The number of hydrogen-bond acceptors (Lipinski definition) is 3. The number of pyridine rings is 1. The number of piperidine rings is 1. The molecular weight excluding hydrogens is 308 g/mol. The zero-order chi connectivity index (χ0) is 16.4. The molecule has 4 heteroatoms. The number of aliphatic hydroxyl groups excluding tert-OH is 1. The van der Waals surface area contributed by atoms with Gasteiger partial charge in [-0.3, -0.25) is 9.88 Å². The van der Waals surface area contributed by atoms with Crippen molar-refractivity contribution in [2.75, 3.05) is 13.1 Å². The van der Waals surface area contributed by atoms with E-state index in [-0.39, 0.29) is 0 Å². The number of benzene rings is 1. The number of aryl methyl sites for hydroxylation is 2. The Morgan fingerprint density at radius 1 is 1.17 bits per heavy atom. The van der Waals surface area contributed by atoms with Crippen LogP contribution in [0.5, 0.6) is 0 Å². The van der Waals surface area contributed by atoms with Gasteiger partial charge in [-0.25, -0.2) is 0 Å². The first kappa shape index (κ1) is 16.4. The summed E-state index contributed by atoms with van der Waals surface area (Å²) in [6.07, 6.45) is 1.68. The number of aliphatic hydroxyl groups is 1. The van der Waals surface area contributed by atoms with E-state index in [4.69, 9.17) is 11.6 Å². The van der Waals surface area contributed by atoms with Crippen LogP contribution in [0.15, 0.2) is 36.4 Å². The van der Waals surface area contributed by atoms with Crippen molar-refractivity contribution in [3.05, 3.63) is 63.9 Å². The van der Waals surface area contributed by atoms with E-state index < -0.39 is 6.23 Å². The molecule has 1 aliphatic heterocycles. The molecule has 1 aromatic heterocycles. The standard InChI is InChI=1S/C19H23ClN2O/c1-13-10-17(11-14(2)21-13)19(23)22-9-3-4-16(12-22)15-5-7-18(20)8-6-15/h5-8,10-11,16,19,23H,3-4,9,12H2,1-2H3. The normalized spacial score (nSPS) is 20.4. The highest BCUT2D eigenvalue weighted by atomic mass is 35.5. The highest BCUT2D eigenvalue weighted by molar-refractivity contribution is 6.30. The van der Waals surface area contributed by atoms with Crippen LogP contribution in [0.2, 0.25) is 5.02 Å². The lowest BCUT2D eigenvalue weighted by molar-refractivity contribution is -0.0152. The van der Waals surface area contributed by atoms with E-state index in [9.17, 15) is 5.11 Å². The summed E-state index contributed by atoms with van der Waals surface area (Å²) in [7, 11) is 0. The molecule has 122 valence electrons. The Bertz CT molecular complexity index is 651. The zero-order valence-electron chi connectivity index (χ0n) is 13.7. The fraction of sp³-hybridized carbons (Fsp3) is 0.421. The van der Waals surface area contributed by atoms with Crippen LogP contribution in [0.4, 0.5) is 0 Å². The maximum atomic E-state index is 10.8. The van der Waals surface area contributed by atoms with Gasteiger partial charge in [0.1, 0.15) is 6.23 Å². The molecule has 3 rings (SSSR count). The molecule has 23 heavy (non-hydrogen) atoms. The van der Waals surface area contributed by atoms with Crippen molar-refractivity contribution in [3.63, 3.8) is 0 Å². The van der Waals surface area contributed by atoms with E-state index in [0.29, 0.717) is 5.92 Å². The molecule has 0 radical (unpaired) electrons. The molecule has 2 aromatic rings. The van der Waals surface area contributed by atoms with E-state index in [0.717, 1.165) is 47.9 Å². The van der Waals surface area contributed by atoms with Gasteiger partial charge in [-0.2, -0.15) is 0 Å². The molecule has 1 N–H and O–H groups in total. The lowest BCUT2D eigenvalue weighted by atomic mass is 9.90. The lowest BCUT2D eigenvalue weighted by Gasteiger charge is -2.36. The van der Waals surface area contributed by atoms with E-state index in [1.54, 1.807) is 0 Å². The van der Waals surface area contributed by atoms with Crippen LogP contribution in [-0.4, -0.2) is 28.1 Å². The average Bonchev–Trinajstić information content (AvgIpc) is 2.54. The molecule has 1 aliphatic rings. The quantitative estimate of drug-likeness (QED) is 0.915. The Hall–Kier alpha value is -1.42. The number of nitrogens with zero attached hydrogens (tertiary/aromatic N) is 2. The predicted octanol–water partition coefficient (Wildman–Crippen LogP) is 4.22. The number of hydrogen-bond donors (Lipinski definition) is 1. The van der Waals surface area contributed by atoms with Crippen LogP contribution in [-0.2, 0) is 0 Å². The summed E-state index contributed by atoms with van der Waals surface area (Å²) < 4.78 is 0. The largest absolute Gasteiger partial charge is 0.374 e. The molecule has 0 aliphatic carbocycles. The van der Waals surface area contributed by atoms with Gasteiger partial charge in [0.15, 0.2) is 0 Å². The van der Waals surface area contributed by atoms with Crippen molar-refractivity contribution in [3.8, 4) is 0 Å². The Balaban J connectivity index is 1.76. The van der Waals surface area contributed by atoms with Gasteiger partial charge < -0.3 is 5.11 Å². The topological polar surface area (TPSA) is 36.4 Å².